The van der Waals surface area contributed by atoms with Crippen LogP contribution in [0.5, 0.6) is 0 Å². The Morgan fingerprint density at radius 3 is 2.70 bits per heavy atom. The van der Waals surface area contributed by atoms with Crippen molar-refractivity contribution in [3.8, 4) is 0 Å². The van der Waals surface area contributed by atoms with Crippen LogP contribution >= 0.6 is 35.0 Å². The Balaban J connectivity index is 1.73. The van der Waals surface area contributed by atoms with Crippen molar-refractivity contribution in [2.45, 2.75) is 26.0 Å². The van der Waals surface area contributed by atoms with Crippen LogP contribution in [-0.2, 0) is 20.9 Å². The van der Waals surface area contributed by atoms with Crippen molar-refractivity contribution in [3.63, 3.8) is 0 Å². The van der Waals surface area contributed by atoms with Gasteiger partial charge >= 0.3 is 5.97 Å². The monoisotopic (exact) mass is 460 g/mol. The van der Waals surface area contributed by atoms with Crippen LogP contribution in [-0.4, -0.2) is 27.7 Å². The lowest BCUT2D eigenvalue weighted by Crippen LogP contribution is -2.45. The lowest BCUT2D eigenvalue weighted by molar-refractivity contribution is -0.141. The number of carbonyl (C=O) groups excluding carboxylic acids is 2. The van der Waals surface area contributed by atoms with Gasteiger partial charge in [-0.05, 0) is 30.2 Å². The fraction of sp³-hybridized carbons (Fsp3) is 0.227. The molecule has 1 atom stereocenters. The number of amides is 1. The third kappa shape index (κ3) is 4.13. The van der Waals surface area contributed by atoms with Crippen molar-refractivity contribution in [1.82, 2.24) is 4.90 Å². The number of aliphatic imine (C=N–C) groups is 1. The molecule has 2 aromatic carbocycles. The molecule has 4 rings (SSSR count). The van der Waals surface area contributed by atoms with Gasteiger partial charge < -0.3 is 4.74 Å². The van der Waals surface area contributed by atoms with Gasteiger partial charge in [-0.25, -0.2) is 9.79 Å². The highest BCUT2D eigenvalue weighted by molar-refractivity contribution is 8.14. The van der Waals surface area contributed by atoms with Crippen molar-refractivity contribution in [3.05, 3.63) is 81.0 Å². The molecule has 2 aromatic rings. The van der Waals surface area contributed by atoms with Gasteiger partial charge in [-0.15, -0.1) is 0 Å². The van der Waals surface area contributed by atoms with Crippen LogP contribution in [0.4, 0.5) is 0 Å². The number of carbonyl (C=O) groups is 2. The van der Waals surface area contributed by atoms with Gasteiger partial charge in [0.05, 0.1) is 27.4 Å². The predicted molar refractivity (Wildman–Crippen MR) is 119 cm³/mol. The van der Waals surface area contributed by atoms with Crippen LogP contribution in [0, 0.1) is 0 Å². The fourth-order valence-electron chi connectivity index (χ4n) is 3.46. The highest BCUT2D eigenvalue weighted by Crippen LogP contribution is 2.41. The summed E-state index contributed by atoms with van der Waals surface area (Å²) in [5.74, 6) is 0.0478. The quantitative estimate of drug-likeness (QED) is 0.574. The Hall–Kier alpha value is -2.28. The molecule has 0 N–H and O–H groups in total. The molecule has 8 heteroatoms. The molecule has 0 aromatic heterocycles. The van der Waals surface area contributed by atoms with E-state index in [1.165, 1.54) is 11.8 Å². The van der Waals surface area contributed by atoms with E-state index in [-0.39, 0.29) is 12.5 Å². The molecule has 0 unspecified atom stereocenters. The first-order valence-electron chi connectivity index (χ1n) is 9.36. The van der Waals surface area contributed by atoms with Gasteiger partial charge in [0.25, 0.3) is 0 Å². The summed E-state index contributed by atoms with van der Waals surface area (Å²) in [6, 6.07) is 13.9. The third-order valence-corrected chi connectivity index (χ3v) is 6.59. The molecule has 5 nitrogen and oxygen atoms in total. The van der Waals surface area contributed by atoms with Crippen molar-refractivity contribution in [2.75, 3.05) is 5.75 Å². The van der Waals surface area contributed by atoms with E-state index >= 15 is 0 Å². The normalized spacial score (nSPS) is 18.8. The van der Waals surface area contributed by atoms with Gasteiger partial charge in [0.1, 0.15) is 6.61 Å². The number of allylic oxidation sites excluding steroid dienone is 1. The minimum Gasteiger partial charge on any atom is -0.457 e. The molecule has 0 radical (unpaired) electrons. The Labute approximate surface area is 188 Å². The van der Waals surface area contributed by atoms with Gasteiger partial charge in [0.15, 0.2) is 5.17 Å². The topological polar surface area (TPSA) is 59.0 Å². The highest BCUT2D eigenvalue weighted by atomic mass is 35.5. The van der Waals surface area contributed by atoms with Crippen molar-refractivity contribution in [1.29, 1.82) is 0 Å². The van der Waals surface area contributed by atoms with Crippen LogP contribution in [0.3, 0.4) is 0 Å². The summed E-state index contributed by atoms with van der Waals surface area (Å²) in [6.45, 7) is 1.89. The summed E-state index contributed by atoms with van der Waals surface area (Å²) >= 11 is 13.8. The van der Waals surface area contributed by atoms with Crippen molar-refractivity contribution >= 4 is 52.0 Å². The number of fused-ring (bicyclic) bond motifs is 1. The van der Waals surface area contributed by atoms with E-state index in [2.05, 4.69) is 4.99 Å². The number of amidine groups is 1. The standard InChI is InChI=1S/C22H18Cl2N2O3S/c1-13-19(21(28)29-12-14-5-3-2-4-6-14)20(15-7-8-16(23)17(24)11-15)26-18(27)9-10-30-22(26)25-13/h2-8,11,20H,9-10,12H2,1H3/t20-/m0/s1. The minimum atomic E-state index is -0.671. The Morgan fingerprint density at radius 1 is 1.20 bits per heavy atom. The lowest BCUT2D eigenvalue weighted by Gasteiger charge is -2.39. The molecule has 2 aliphatic heterocycles. The minimum absolute atomic E-state index is 0.0931. The number of hydrogen-bond donors (Lipinski definition) is 0. The summed E-state index contributed by atoms with van der Waals surface area (Å²) in [5.41, 5.74) is 2.40. The summed E-state index contributed by atoms with van der Waals surface area (Å²) in [6.07, 6.45) is 0.368. The molecule has 0 spiro atoms. The molecule has 1 saturated heterocycles. The molecule has 1 fully saturated rings. The SMILES string of the molecule is CC1=C(C(=O)OCc2ccccc2)[C@H](c2ccc(Cl)c(Cl)c2)N2C(=O)CCSC2=N1. The average molecular weight is 461 g/mol. The molecule has 2 heterocycles. The van der Waals surface area contributed by atoms with Gasteiger partial charge in [0.2, 0.25) is 5.91 Å². The van der Waals surface area contributed by atoms with Gasteiger partial charge in [-0.1, -0.05) is 71.4 Å². The third-order valence-electron chi connectivity index (χ3n) is 4.90. The molecular formula is C22H18Cl2N2O3S. The number of halogens is 2. The number of ether oxygens (including phenoxy) is 1. The van der Waals surface area contributed by atoms with Crippen LogP contribution in [0.15, 0.2) is 64.8 Å². The van der Waals surface area contributed by atoms with Gasteiger partial charge in [0, 0.05) is 12.2 Å². The maximum Gasteiger partial charge on any atom is 0.338 e. The first-order valence-corrected chi connectivity index (χ1v) is 11.1. The molecule has 0 aliphatic carbocycles. The number of nitrogens with zero attached hydrogens (tertiary/aromatic N) is 2. The zero-order valence-electron chi connectivity index (χ0n) is 16.1. The maximum atomic E-state index is 13.1. The van der Waals surface area contributed by atoms with Crippen molar-refractivity contribution < 1.29 is 14.3 Å². The predicted octanol–water partition coefficient (Wildman–Crippen LogP) is 5.39. The average Bonchev–Trinajstić information content (AvgIpc) is 2.74. The zero-order valence-corrected chi connectivity index (χ0v) is 18.4. The first kappa shape index (κ1) is 21.0. The zero-order chi connectivity index (χ0) is 21.3. The second-order valence-corrected chi connectivity index (χ2v) is 8.77. The lowest BCUT2D eigenvalue weighted by atomic mass is 9.94. The molecule has 0 bridgehead atoms. The van der Waals surface area contributed by atoms with Gasteiger partial charge in [-0.3, -0.25) is 9.69 Å². The Bertz CT molecular complexity index is 1070. The Morgan fingerprint density at radius 2 is 1.97 bits per heavy atom. The van der Waals surface area contributed by atoms with Crippen LogP contribution in [0.2, 0.25) is 10.0 Å². The number of benzene rings is 2. The summed E-state index contributed by atoms with van der Waals surface area (Å²) in [5, 5.41) is 1.34. The van der Waals surface area contributed by atoms with E-state index in [4.69, 9.17) is 27.9 Å². The van der Waals surface area contributed by atoms with E-state index in [1.54, 1.807) is 30.0 Å². The number of rotatable bonds is 4. The van der Waals surface area contributed by atoms with Crippen LogP contribution in [0.25, 0.3) is 0 Å². The number of thioether (sulfide) groups is 1. The van der Waals surface area contributed by atoms with Gasteiger partial charge in [-0.2, -0.15) is 0 Å². The largest absolute Gasteiger partial charge is 0.457 e. The van der Waals surface area contributed by atoms with E-state index < -0.39 is 12.0 Å². The molecule has 2 aliphatic rings. The van der Waals surface area contributed by atoms with Crippen molar-refractivity contribution in [2.24, 2.45) is 4.99 Å². The summed E-state index contributed by atoms with van der Waals surface area (Å²) in [4.78, 5) is 32.1. The fourth-order valence-corrected chi connectivity index (χ4v) is 4.77. The van der Waals surface area contributed by atoms with E-state index in [0.717, 1.165) is 5.56 Å². The maximum absolute atomic E-state index is 13.1. The number of hydrogen-bond acceptors (Lipinski definition) is 5. The second kappa shape index (κ2) is 8.84. The van der Waals surface area contributed by atoms with E-state index in [0.29, 0.717) is 44.2 Å². The Kier molecular flexibility index (Phi) is 6.18. The molecular weight excluding hydrogens is 443 g/mol. The van der Waals surface area contributed by atoms with E-state index in [1.807, 2.05) is 30.3 Å². The number of esters is 1. The molecule has 30 heavy (non-hydrogen) atoms. The molecule has 0 saturated carbocycles. The summed E-state index contributed by atoms with van der Waals surface area (Å²) < 4.78 is 5.59. The van der Waals surface area contributed by atoms with E-state index in [9.17, 15) is 9.59 Å². The second-order valence-electron chi connectivity index (χ2n) is 6.89. The van der Waals surface area contributed by atoms with Crippen LogP contribution in [0.1, 0.15) is 30.5 Å². The summed E-state index contributed by atoms with van der Waals surface area (Å²) in [7, 11) is 0. The first-order chi connectivity index (χ1) is 14.5. The molecule has 1 amide bonds. The molecule has 154 valence electrons. The highest BCUT2D eigenvalue weighted by Gasteiger charge is 2.41. The van der Waals surface area contributed by atoms with Crippen LogP contribution < -0.4 is 0 Å². The smallest absolute Gasteiger partial charge is 0.338 e.